The molecule has 2 aliphatic rings. The number of likely N-dealkylation sites (tertiary alicyclic amines) is 1. The summed E-state index contributed by atoms with van der Waals surface area (Å²) in [6.45, 7) is 2.16. The largest absolute Gasteiger partial charge is 0.488 e. The first-order valence-electron chi connectivity index (χ1n) is 9.07. The molecule has 1 aromatic heterocycles. The Labute approximate surface area is 155 Å². The summed E-state index contributed by atoms with van der Waals surface area (Å²) in [5.41, 5.74) is 0.795. The van der Waals surface area contributed by atoms with Crippen LogP contribution in [0.1, 0.15) is 28.9 Å². The number of carboxylic acids is 1. The highest BCUT2D eigenvalue weighted by molar-refractivity contribution is 5.86. The van der Waals surface area contributed by atoms with Gasteiger partial charge in [-0.25, -0.2) is 9.18 Å². The average Bonchev–Trinajstić information content (AvgIpc) is 3.24. The Hall–Kier alpha value is -2.45. The molecule has 27 heavy (non-hydrogen) atoms. The quantitative estimate of drug-likeness (QED) is 0.738. The summed E-state index contributed by atoms with van der Waals surface area (Å²) in [4.78, 5) is 13.4. The normalized spacial score (nSPS) is 28.1. The number of aromatic carboxylic acids is 1. The summed E-state index contributed by atoms with van der Waals surface area (Å²) in [5, 5.41) is 26.0. The smallest absolute Gasteiger partial charge is 0.354 e. The minimum absolute atomic E-state index is 0.127. The molecular weight excluding hydrogens is 353 g/mol. The fourth-order valence-electron chi connectivity index (χ4n) is 4.29. The molecule has 8 heteroatoms. The Bertz CT molecular complexity index is 810. The van der Waals surface area contributed by atoms with Crippen molar-refractivity contribution in [2.24, 2.45) is 11.8 Å². The molecule has 3 N–H and O–H groups in total. The summed E-state index contributed by atoms with van der Waals surface area (Å²) in [6.07, 6.45) is 2.03. The van der Waals surface area contributed by atoms with Gasteiger partial charge in [-0.05, 0) is 48.9 Å². The van der Waals surface area contributed by atoms with E-state index < -0.39 is 12.1 Å². The zero-order valence-electron chi connectivity index (χ0n) is 14.7. The van der Waals surface area contributed by atoms with Crippen molar-refractivity contribution in [3.63, 3.8) is 0 Å². The molecule has 2 heterocycles. The monoisotopic (exact) mass is 375 g/mol. The summed E-state index contributed by atoms with van der Waals surface area (Å²) in [7, 11) is 0. The predicted molar refractivity (Wildman–Crippen MR) is 93.9 cm³/mol. The number of aromatic amines is 1. The Morgan fingerprint density at radius 2 is 1.96 bits per heavy atom. The third-order valence-electron chi connectivity index (χ3n) is 5.59. The van der Waals surface area contributed by atoms with Gasteiger partial charge in [0, 0.05) is 25.2 Å². The number of ether oxygens (including phenoxy) is 1. The molecule has 1 aliphatic carbocycles. The lowest BCUT2D eigenvalue weighted by Crippen LogP contribution is -2.42. The van der Waals surface area contributed by atoms with Gasteiger partial charge in [-0.1, -0.05) is 0 Å². The number of aliphatic hydroxyl groups is 1. The van der Waals surface area contributed by atoms with Crippen LogP contribution in [-0.4, -0.2) is 56.6 Å². The van der Waals surface area contributed by atoms with Gasteiger partial charge in [0.2, 0.25) is 0 Å². The first kappa shape index (κ1) is 17.9. The summed E-state index contributed by atoms with van der Waals surface area (Å²) >= 11 is 0. The third kappa shape index (κ3) is 3.81. The van der Waals surface area contributed by atoms with Gasteiger partial charge in [0.1, 0.15) is 23.4 Å². The molecule has 0 spiro atoms. The zero-order valence-corrected chi connectivity index (χ0v) is 14.7. The van der Waals surface area contributed by atoms with Crippen LogP contribution in [0.5, 0.6) is 5.75 Å². The van der Waals surface area contributed by atoms with Crippen LogP contribution < -0.4 is 4.74 Å². The second-order valence-electron chi connectivity index (χ2n) is 7.44. The van der Waals surface area contributed by atoms with E-state index >= 15 is 0 Å². The van der Waals surface area contributed by atoms with Crippen LogP contribution in [-0.2, 0) is 6.54 Å². The highest BCUT2D eigenvalue weighted by Crippen LogP contribution is 2.38. The Balaban J connectivity index is 1.39. The number of hydrogen-bond acceptors (Lipinski definition) is 5. The van der Waals surface area contributed by atoms with Crippen LogP contribution in [0.4, 0.5) is 4.39 Å². The van der Waals surface area contributed by atoms with Crippen molar-refractivity contribution in [3.05, 3.63) is 47.5 Å². The van der Waals surface area contributed by atoms with E-state index in [0.717, 1.165) is 19.5 Å². The van der Waals surface area contributed by atoms with Crippen LogP contribution >= 0.6 is 0 Å². The maximum atomic E-state index is 13.0. The van der Waals surface area contributed by atoms with E-state index in [0.29, 0.717) is 36.1 Å². The molecular formula is C19H22FN3O4. The lowest BCUT2D eigenvalue weighted by Gasteiger charge is -2.35. The number of H-pyrrole nitrogens is 1. The molecule has 0 bridgehead atoms. The highest BCUT2D eigenvalue weighted by Gasteiger charge is 2.42. The second kappa shape index (κ2) is 7.28. The zero-order chi connectivity index (χ0) is 19.0. The van der Waals surface area contributed by atoms with E-state index in [1.54, 1.807) is 18.3 Å². The van der Waals surface area contributed by atoms with Crippen molar-refractivity contribution < 1.29 is 24.1 Å². The Kier molecular flexibility index (Phi) is 4.84. The minimum Gasteiger partial charge on any atom is -0.488 e. The van der Waals surface area contributed by atoms with Gasteiger partial charge in [-0.2, -0.15) is 5.10 Å². The van der Waals surface area contributed by atoms with E-state index in [-0.39, 0.29) is 17.6 Å². The van der Waals surface area contributed by atoms with E-state index in [1.165, 1.54) is 12.1 Å². The highest BCUT2D eigenvalue weighted by atomic mass is 19.1. The van der Waals surface area contributed by atoms with Gasteiger partial charge in [-0.3, -0.25) is 10.00 Å². The van der Waals surface area contributed by atoms with E-state index in [2.05, 4.69) is 15.1 Å². The van der Waals surface area contributed by atoms with Gasteiger partial charge in [-0.15, -0.1) is 0 Å². The number of carboxylic acid groups (broad SMARTS) is 1. The molecule has 2 fully saturated rings. The molecule has 1 aliphatic heterocycles. The average molecular weight is 375 g/mol. The van der Waals surface area contributed by atoms with Crippen molar-refractivity contribution in [2.45, 2.75) is 31.6 Å². The molecule has 1 saturated heterocycles. The number of benzene rings is 1. The Morgan fingerprint density at radius 3 is 2.67 bits per heavy atom. The van der Waals surface area contributed by atoms with Crippen LogP contribution in [0.2, 0.25) is 0 Å². The van der Waals surface area contributed by atoms with Crippen LogP contribution in [0, 0.1) is 17.7 Å². The van der Waals surface area contributed by atoms with Crippen molar-refractivity contribution in [1.29, 1.82) is 0 Å². The van der Waals surface area contributed by atoms with E-state index in [9.17, 15) is 19.4 Å². The number of nitrogens with one attached hydrogen (secondary N) is 1. The standard InChI is InChI=1S/C19H22FN3O4/c20-14-1-3-15(4-2-14)27-17-6-12-9-23(8-11(12)5-16(17)24)10-13-7-21-22-18(13)19(25)26/h1-4,7,11-12,16-17,24H,5-6,8-10H2,(H,21,22)(H,25,26)/t11-,12+,16+,17+/m0/s1. The Morgan fingerprint density at radius 1 is 1.26 bits per heavy atom. The van der Waals surface area contributed by atoms with Gasteiger partial charge in [0.05, 0.1) is 12.3 Å². The maximum absolute atomic E-state index is 13.0. The first-order valence-corrected chi connectivity index (χ1v) is 9.07. The number of nitrogens with zero attached hydrogens (tertiary/aromatic N) is 2. The topological polar surface area (TPSA) is 98.7 Å². The molecule has 4 rings (SSSR count). The number of halogens is 1. The molecule has 7 nitrogen and oxygen atoms in total. The van der Waals surface area contributed by atoms with Gasteiger partial charge < -0.3 is 14.9 Å². The number of aliphatic hydroxyl groups excluding tert-OH is 1. The molecule has 2 aromatic rings. The fourth-order valence-corrected chi connectivity index (χ4v) is 4.29. The maximum Gasteiger partial charge on any atom is 0.354 e. The number of carbonyl (C=O) groups is 1. The lowest BCUT2D eigenvalue weighted by atomic mass is 9.78. The van der Waals surface area contributed by atoms with E-state index in [4.69, 9.17) is 4.74 Å². The fraction of sp³-hybridized carbons (Fsp3) is 0.474. The van der Waals surface area contributed by atoms with Gasteiger partial charge in [0.25, 0.3) is 0 Å². The van der Waals surface area contributed by atoms with Crippen molar-refractivity contribution in [1.82, 2.24) is 15.1 Å². The molecule has 4 atom stereocenters. The third-order valence-corrected chi connectivity index (χ3v) is 5.59. The van der Waals surface area contributed by atoms with Crippen LogP contribution in [0.3, 0.4) is 0 Å². The second-order valence-corrected chi connectivity index (χ2v) is 7.44. The summed E-state index contributed by atoms with van der Waals surface area (Å²) in [6, 6.07) is 5.83. The molecule has 0 amide bonds. The number of fused-ring (bicyclic) bond motifs is 1. The van der Waals surface area contributed by atoms with Gasteiger partial charge in [0.15, 0.2) is 0 Å². The molecule has 0 radical (unpaired) electrons. The number of rotatable bonds is 5. The van der Waals surface area contributed by atoms with E-state index in [1.807, 2.05) is 0 Å². The number of aromatic nitrogens is 2. The molecule has 1 saturated carbocycles. The summed E-state index contributed by atoms with van der Waals surface area (Å²) in [5.74, 6) is -0.0501. The minimum atomic E-state index is -1.01. The molecule has 1 aromatic carbocycles. The predicted octanol–water partition coefficient (Wildman–Crippen LogP) is 1.90. The van der Waals surface area contributed by atoms with Crippen molar-refractivity contribution in [3.8, 4) is 5.75 Å². The van der Waals surface area contributed by atoms with Crippen molar-refractivity contribution >= 4 is 5.97 Å². The lowest BCUT2D eigenvalue weighted by molar-refractivity contribution is -0.0231. The first-order chi connectivity index (χ1) is 13.0. The SMILES string of the molecule is O=C(O)c1[nH]ncc1CN1C[C@H]2C[C@@H](Oc3ccc(F)cc3)[C@H](O)C[C@H]2C1. The molecule has 0 unspecified atom stereocenters. The van der Waals surface area contributed by atoms with Crippen LogP contribution in [0.25, 0.3) is 0 Å². The van der Waals surface area contributed by atoms with Crippen molar-refractivity contribution in [2.75, 3.05) is 13.1 Å². The van der Waals surface area contributed by atoms with Crippen LogP contribution in [0.15, 0.2) is 30.5 Å². The van der Waals surface area contributed by atoms with Gasteiger partial charge >= 0.3 is 5.97 Å². The molecule has 144 valence electrons. The summed E-state index contributed by atoms with van der Waals surface area (Å²) < 4.78 is 18.9. The number of hydrogen-bond donors (Lipinski definition) is 3.